The van der Waals surface area contributed by atoms with Crippen molar-refractivity contribution in [2.24, 2.45) is 0 Å². The van der Waals surface area contributed by atoms with Crippen LogP contribution in [-0.4, -0.2) is 29.1 Å². The van der Waals surface area contributed by atoms with Crippen molar-refractivity contribution < 1.29 is 0 Å². The minimum atomic E-state index is 0.804. The number of hydrogen-bond acceptors (Lipinski definition) is 4. The van der Waals surface area contributed by atoms with E-state index in [9.17, 15) is 0 Å². The van der Waals surface area contributed by atoms with Crippen LogP contribution in [0.15, 0.2) is 194 Å². The smallest absolute Gasteiger partial charge is 0.138 e. The summed E-state index contributed by atoms with van der Waals surface area (Å²) in [5, 5.41) is 4.59. The van der Waals surface area contributed by atoms with E-state index in [0.29, 0.717) is 0 Å². The summed E-state index contributed by atoms with van der Waals surface area (Å²) in [5.74, 6) is 1.63. The summed E-state index contributed by atoms with van der Waals surface area (Å²) < 4.78 is 4.61. The maximum Gasteiger partial charge on any atom is 0.138 e. The Kier molecular flexibility index (Phi) is 7.38. The average molecular weight is 717 g/mol. The molecule has 11 aromatic rings. The third kappa shape index (κ3) is 5.19. The van der Waals surface area contributed by atoms with Crippen LogP contribution in [0.5, 0.6) is 0 Å². The van der Waals surface area contributed by atoms with Gasteiger partial charge in [0.05, 0.1) is 56.2 Å². The summed E-state index contributed by atoms with van der Waals surface area (Å²) in [5.41, 5.74) is 11.5. The molecule has 0 saturated carbocycles. The van der Waals surface area contributed by atoms with Crippen LogP contribution < -0.4 is 0 Å². The Labute approximate surface area is 322 Å². The number of pyridine rings is 4. The van der Waals surface area contributed by atoms with Crippen molar-refractivity contribution in [3.63, 3.8) is 0 Å². The number of aromatic nitrogens is 6. The van der Waals surface area contributed by atoms with E-state index in [1.165, 1.54) is 0 Å². The molecule has 0 bridgehead atoms. The van der Waals surface area contributed by atoms with Gasteiger partial charge in [-0.15, -0.1) is 0 Å². The lowest BCUT2D eigenvalue weighted by Crippen LogP contribution is -2.03. The number of benzene rings is 5. The fourth-order valence-corrected chi connectivity index (χ4v) is 8.05. The molecule has 6 nitrogen and oxygen atoms in total. The fraction of sp³-hybridized carbons (Fsp3) is 0. The van der Waals surface area contributed by atoms with E-state index in [1.54, 1.807) is 0 Å². The minimum absolute atomic E-state index is 0.804. The zero-order valence-corrected chi connectivity index (χ0v) is 30.2. The first-order valence-corrected chi connectivity index (χ1v) is 18.7. The molecule has 0 unspecified atom stereocenters. The molecule has 0 N–H and O–H groups in total. The summed E-state index contributed by atoms with van der Waals surface area (Å²) in [4.78, 5) is 20.8. The standard InChI is InChI=1S/C50H32N6/c1-3-15-33(16-4-1)39-21-11-23-41(51-39)43-25-13-29-47(53-43)55-45-27-9-7-19-35(45)37-31-32-38-36-20-8-10-28-46(36)56(50(38)49(37)55)48-30-14-26-44(54-48)42-24-12-22-40(52-42)34-17-5-2-6-18-34/h1-32H. The molecule has 0 aliphatic rings. The molecule has 0 saturated heterocycles. The molecule has 11 rings (SSSR count). The third-order valence-electron chi connectivity index (χ3n) is 10.6. The molecule has 0 fully saturated rings. The number of para-hydroxylation sites is 2. The maximum atomic E-state index is 5.34. The number of hydrogen-bond donors (Lipinski definition) is 0. The van der Waals surface area contributed by atoms with E-state index >= 15 is 0 Å². The molecule has 0 atom stereocenters. The van der Waals surface area contributed by atoms with Gasteiger partial charge in [0.15, 0.2) is 0 Å². The van der Waals surface area contributed by atoms with Crippen molar-refractivity contribution in [3.05, 3.63) is 194 Å². The second-order valence-electron chi connectivity index (χ2n) is 13.9. The zero-order valence-electron chi connectivity index (χ0n) is 30.2. The molecule has 0 aliphatic carbocycles. The highest BCUT2D eigenvalue weighted by Gasteiger charge is 2.22. The van der Waals surface area contributed by atoms with E-state index < -0.39 is 0 Å². The molecular weight excluding hydrogens is 685 g/mol. The molecule has 262 valence electrons. The lowest BCUT2D eigenvalue weighted by atomic mass is 10.1. The van der Waals surface area contributed by atoms with Gasteiger partial charge in [-0.25, -0.2) is 19.9 Å². The van der Waals surface area contributed by atoms with Crippen LogP contribution in [0.4, 0.5) is 0 Å². The van der Waals surface area contributed by atoms with E-state index in [0.717, 1.165) is 101 Å². The van der Waals surface area contributed by atoms with E-state index in [4.69, 9.17) is 19.9 Å². The Hall–Kier alpha value is -7.70. The van der Waals surface area contributed by atoms with Crippen molar-refractivity contribution in [3.8, 4) is 56.9 Å². The first-order chi connectivity index (χ1) is 27.8. The molecule has 6 heterocycles. The van der Waals surface area contributed by atoms with Gasteiger partial charge in [-0.2, -0.15) is 0 Å². The quantitative estimate of drug-likeness (QED) is 0.172. The van der Waals surface area contributed by atoms with Crippen molar-refractivity contribution >= 4 is 43.6 Å². The second kappa shape index (κ2) is 13.0. The number of rotatable bonds is 6. The Morgan fingerprint density at radius 3 is 1.05 bits per heavy atom. The zero-order chi connectivity index (χ0) is 37.0. The molecular formula is C50H32N6. The van der Waals surface area contributed by atoms with Gasteiger partial charge in [-0.1, -0.05) is 133 Å². The minimum Gasteiger partial charge on any atom is -0.292 e. The second-order valence-corrected chi connectivity index (χ2v) is 13.9. The van der Waals surface area contributed by atoms with E-state index in [-0.39, 0.29) is 0 Å². The Morgan fingerprint density at radius 1 is 0.250 bits per heavy atom. The highest BCUT2D eigenvalue weighted by Crippen LogP contribution is 2.41. The van der Waals surface area contributed by atoms with Crippen molar-refractivity contribution in [1.29, 1.82) is 0 Å². The highest BCUT2D eigenvalue weighted by molar-refractivity contribution is 6.23. The van der Waals surface area contributed by atoms with Crippen LogP contribution in [0.3, 0.4) is 0 Å². The largest absolute Gasteiger partial charge is 0.292 e. The molecule has 0 spiro atoms. The maximum absolute atomic E-state index is 5.34. The van der Waals surface area contributed by atoms with Crippen LogP contribution in [0.25, 0.3) is 101 Å². The monoisotopic (exact) mass is 716 g/mol. The van der Waals surface area contributed by atoms with Crippen LogP contribution >= 0.6 is 0 Å². The molecule has 0 aliphatic heterocycles. The van der Waals surface area contributed by atoms with Gasteiger partial charge in [0.25, 0.3) is 0 Å². The lowest BCUT2D eigenvalue weighted by molar-refractivity contribution is 1.06. The summed E-state index contributed by atoms with van der Waals surface area (Å²) in [7, 11) is 0. The average Bonchev–Trinajstić information content (AvgIpc) is 3.80. The van der Waals surface area contributed by atoms with E-state index in [1.807, 2.05) is 72.8 Å². The van der Waals surface area contributed by atoms with Crippen LogP contribution in [0.1, 0.15) is 0 Å². The van der Waals surface area contributed by atoms with Crippen LogP contribution in [0, 0.1) is 0 Å². The summed E-state index contributed by atoms with van der Waals surface area (Å²) in [6, 6.07) is 66.9. The summed E-state index contributed by atoms with van der Waals surface area (Å²) in [6.07, 6.45) is 0. The van der Waals surface area contributed by atoms with Crippen molar-refractivity contribution in [2.45, 2.75) is 0 Å². The van der Waals surface area contributed by atoms with Gasteiger partial charge in [0, 0.05) is 32.7 Å². The molecule has 5 aromatic carbocycles. The predicted octanol–water partition coefficient (Wildman–Crippen LogP) is 12.1. The van der Waals surface area contributed by atoms with Gasteiger partial charge in [0.2, 0.25) is 0 Å². The lowest BCUT2D eigenvalue weighted by Gasteiger charge is -2.13. The fourth-order valence-electron chi connectivity index (χ4n) is 8.05. The Balaban J connectivity index is 1.15. The van der Waals surface area contributed by atoms with E-state index in [2.05, 4.69) is 130 Å². The number of fused-ring (bicyclic) bond motifs is 7. The Morgan fingerprint density at radius 2 is 0.607 bits per heavy atom. The SMILES string of the molecule is c1ccc(-c2cccc(-c3cccc(-n4c5ccccc5c5ccc6c7ccccc7n(-c7cccc(-c8cccc(-c9ccccc9)n8)n7)c6c54)n3)n2)cc1. The van der Waals surface area contributed by atoms with Crippen LogP contribution in [0.2, 0.25) is 0 Å². The first-order valence-electron chi connectivity index (χ1n) is 18.7. The van der Waals surface area contributed by atoms with Crippen LogP contribution in [-0.2, 0) is 0 Å². The van der Waals surface area contributed by atoms with Gasteiger partial charge in [0.1, 0.15) is 11.6 Å². The highest BCUT2D eigenvalue weighted by atomic mass is 15.1. The van der Waals surface area contributed by atoms with Gasteiger partial charge in [-0.05, 0) is 60.7 Å². The van der Waals surface area contributed by atoms with Gasteiger partial charge < -0.3 is 0 Å². The molecule has 6 aromatic heterocycles. The topological polar surface area (TPSA) is 61.4 Å². The van der Waals surface area contributed by atoms with Gasteiger partial charge >= 0.3 is 0 Å². The summed E-state index contributed by atoms with van der Waals surface area (Å²) >= 11 is 0. The molecule has 0 radical (unpaired) electrons. The third-order valence-corrected chi connectivity index (χ3v) is 10.6. The first kappa shape index (κ1) is 31.8. The van der Waals surface area contributed by atoms with Gasteiger partial charge in [-0.3, -0.25) is 9.13 Å². The molecule has 0 amide bonds. The number of nitrogens with zero attached hydrogens (tertiary/aromatic N) is 6. The summed E-state index contributed by atoms with van der Waals surface area (Å²) in [6.45, 7) is 0. The normalized spacial score (nSPS) is 11.6. The van der Waals surface area contributed by atoms with Crippen molar-refractivity contribution in [1.82, 2.24) is 29.1 Å². The molecule has 56 heavy (non-hydrogen) atoms. The molecule has 6 heteroatoms. The predicted molar refractivity (Wildman–Crippen MR) is 228 cm³/mol. The van der Waals surface area contributed by atoms with Crippen molar-refractivity contribution in [2.75, 3.05) is 0 Å². The Bertz CT molecular complexity index is 3030.